The third kappa shape index (κ3) is 6.75. The fourth-order valence-electron chi connectivity index (χ4n) is 4.81. The molecule has 0 saturated heterocycles. The van der Waals surface area contributed by atoms with Crippen molar-refractivity contribution in [3.8, 4) is 16.9 Å². The summed E-state index contributed by atoms with van der Waals surface area (Å²) in [5.74, 6) is -0.347. The van der Waals surface area contributed by atoms with E-state index in [1.165, 1.54) is 20.2 Å². The minimum Gasteiger partial charge on any atom is -0.487 e. The van der Waals surface area contributed by atoms with E-state index in [-0.39, 0.29) is 48.2 Å². The number of urea groups is 1. The summed E-state index contributed by atoms with van der Waals surface area (Å²) in [6.45, 7) is 3.45. The molecule has 3 aromatic rings. The molecule has 0 aliphatic carbocycles. The number of rotatable bonds is 7. The number of anilines is 1. The van der Waals surface area contributed by atoms with Crippen molar-refractivity contribution in [2.75, 3.05) is 46.2 Å². The molecule has 2 N–H and O–H groups in total. The van der Waals surface area contributed by atoms with Gasteiger partial charge in [-0.15, -0.1) is 0 Å². The summed E-state index contributed by atoms with van der Waals surface area (Å²) in [6.07, 6.45) is -0.573. The van der Waals surface area contributed by atoms with Crippen LogP contribution in [0.25, 0.3) is 11.1 Å². The van der Waals surface area contributed by atoms with Crippen LogP contribution in [0.3, 0.4) is 0 Å². The molecular formula is C31H38N4O6S. The highest BCUT2D eigenvalue weighted by Gasteiger charge is 2.38. The Labute approximate surface area is 247 Å². The zero-order valence-corrected chi connectivity index (χ0v) is 25.3. The summed E-state index contributed by atoms with van der Waals surface area (Å²) in [4.78, 5) is 28.5. The Balaban J connectivity index is 1.72. The van der Waals surface area contributed by atoms with Gasteiger partial charge in [0.2, 0.25) is 10.0 Å². The van der Waals surface area contributed by atoms with Crippen molar-refractivity contribution >= 4 is 27.6 Å². The molecule has 1 aliphatic heterocycles. The first kappa shape index (κ1) is 31.0. The number of amides is 3. The van der Waals surface area contributed by atoms with Crippen LogP contribution in [0.2, 0.25) is 0 Å². The van der Waals surface area contributed by atoms with Crippen molar-refractivity contribution in [1.29, 1.82) is 0 Å². The van der Waals surface area contributed by atoms with E-state index in [4.69, 9.17) is 4.74 Å². The molecule has 0 saturated carbocycles. The lowest BCUT2D eigenvalue weighted by atomic mass is 10.0. The minimum atomic E-state index is -4.03. The normalized spacial score (nSPS) is 18.9. The summed E-state index contributed by atoms with van der Waals surface area (Å²) < 4.78 is 35.4. The summed E-state index contributed by atoms with van der Waals surface area (Å²) in [5.41, 5.74) is 2.54. The van der Waals surface area contributed by atoms with Gasteiger partial charge in [0, 0.05) is 50.9 Å². The lowest BCUT2D eigenvalue weighted by Gasteiger charge is -2.37. The van der Waals surface area contributed by atoms with Crippen LogP contribution in [0, 0.1) is 5.92 Å². The SMILES string of the molecule is C[C@H]1CN([C@@H](C)CO)S(=O)(=O)c2ccc(-c3cccc(C(=O)N(C)C)c3)cc2O[C@H]1CN(C)C(=O)Nc1ccccc1. The second-order valence-electron chi connectivity index (χ2n) is 10.9. The quantitative estimate of drug-likeness (QED) is 0.427. The molecule has 1 heterocycles. The van der Waals surface area contributed by atoms with Crippen LogP contribution in [-0.4, -0.2) is 92.6 Å². The number of ether oxygens (including phenoxy) is 1. The number of carbonyl (C=O) groups is 2. The van der Waals surface area contributed by atoms with Crippen molar-refractivity contribution in [3.05, 3.63) is 78.4 Å². The molecule has 0 bridgehead atoms. The number of nitrogens with one attached hydrogen (secondary N) is 1. The lowest BCUT2D eigenvalue weighted by Crippen LogP contribution is -2.50. The number of benzene rings is 3. The van der Waals surface area contributed by atoms with Crippen LogP contribution in [0.5, 0.6) is 5.75 Å². The summed E-state index contributed by atoms with van der Waals surface area (Å²) in [6, 6.07) is 20.0. The Morgan fingerprint density at radius 2 is 1.71 bits per heavy atom. The van der Waals surface area contributed by atoms with Gasteiger partial charge in [0.25, 0.3) is 5.91 Å². The average Bonchev–Trinajstić information content (AvgIpc) is 2.98. The number of para-hydroxylation sites is 1. The number of likely N-dealkylation sites (N-methyl/N-ethyl adjacent to an activating group) is 1. The third-order valence-corrected chi connectivity index (χ3v) is 9.36. The zero-order valence-electron chi connectivity index (χ0n) is 24.5. The van der Waals surface area contributed by atoms with E-state index in [1.54, 1.807) is 70.5 Å². The van der Waals surface area contributed by atoms with Gasteiger partial charge in [0.1, 0.15) is 16.7 Å². The fourth-order valence-corrected chi connectivity index (χ4v) is 6.63. The van der Waals surface area contributed by atoms with Crippen molar-refractivity contribution in [3.63, 3.8) is 0 Å². The lowest BCUT2D eigenvalue weighted by molar-refractivity contribution is 0.0827. The Hall–Kier alpha value is -3.93. The number of carbonyl (C=O) groups excluding carboxylic acids is 2. The van der Waals surface area contributed by atoms with Gasteiger partial charge < -0.3 is 25.0 Å². The van der Waals surface area contributed by atoms with Crippen LogP contribution in [0.4, 0.5) is 10.5 Å². The van der Waals surface area contributed by atoms with Gasteiger partial charge in [-0.25, -0.2) is 13.2 Å². The van der Waals surface area contributed by atoms with Crippen molar-refractivity contribution in [2.45, 2.75) is 30.9 Å². The van der Waals surface area contributed by atoms with Gasteiger partial charge in [0.15, 0.2) is 0 Å². The molecule has 3 amide bonds. The predicted molar refractivity (Wildman–Crippen MR) is 162 cm³/mol. The number of hydrogen-bond donors (Lipinski definition) is 2. The molecule has 4 rings (SSSR count). The largest absolute Gasteiger partial charge is 0.487 e. The minimum absolute atomic E-state index is 0.0274. The first-order chi connectivity index (χ1) is 19.9. The standard InChI is InChI=1S/C31H38N4O6S/c1-21-18-35(22(2)20-36)42(39,40)29-15-14-24(23-10-9-11-25(16-23)30(37)33(3)4)17-27(29)41-28(21)19-34(5)31(38)32-26-12-7-6-8-13-26/h6-17,21-22,28,36H,18-20H2,1-5H3,(H,32,38)/t21-,22-,28-/m0/s1. The van der Waals surface area contributed by atoms with Gasteiger partial charge >= 0.3 is 6.03 Å². The highest BCUT2D eigenvalue weighted by atomic mass is 32.2. The maximum absolute atomic E-state index is 13.8. The predicted octanol–water partition coefficient (Wildman–Crippen LogP) is 3.99. The Bertz CT molecular complexity index is 1530. The molecular weight excluding hydrogens is 556 g/mol. The molecule has 0 unspecified atom stereocenters. The second kappa shape index (κ2) is 12.9. The van der Waals surface area contributed by atoms with Crippen molar-refractivity contribution < 1.29 is 27.9 Å². The van der Waals surface area contributed by atoms with Crippen LogP contribution >= 0.6 is 0 Å². The van der Waals surface area contributed by atoms with E-state index in [0.29, 0.717) is 16.8 Å². The maximum atomic E-state index is 13.8. The summed E-state index contributed by atoms with van der Waals surface area (Å²) >= 11 is 0. The zero-order chi connectivity index (χ0) is 30.6. The second-order valence-corrected chi connectivity index (χ2v) is 12.7. The highest BCUT2D eigenvalue weighted by molar-refractivity contribution is 7.89. The number of sulfonamides is 1. The van der Waals surface area contributed by atoms with Crippen LogP contribution in [0.15, 0.2) is 77.7 Å². The molecule has 0 radical (unpaired) electrons. The number of aliphatic hydroxyl groups is 1. The van der Waals surface area contributed by atoms with Crippen LogP contribution < -0.4 is 10.1 Å². The molecule has 42 heavy (non-hydrogen) atoms. The maximum Gasteiger partial charge on any atom is 0.321 e. The Kier molecular flexibility index (Phi) is 9.55. The number of fused-ring (bicyclic) bond motifs is 1. The van der Waals surface area contributed by atoms with Gasteiger partial charge in [-0.3, -0.25) is 4.79 Å². The molecule has 11 heteroatoms. The molecule has 1 aliphatic rings. The number of hydrogen-bond acceptors (Lipinski definition) is 6. The molecule has 10 nitrogen and oxygen atoms in total. The Morgan fingerprint density at radius 3 is 2.38 bits per heavy atom. The average molecular weight is 595 g/mol. The third-order valence-electron chi connectivity index (χ3n) is 7.34. The number of nitrogens with zero attached hydrogens (tertiary/aromatic N) is 3. The molecule has 3 aromatic carbocycles. The van der Waals surface area contributed by atoms with Gasteiger partial charge in [0.05, 0.1) is 13.2 Å². The topological polar surface area (TPSA) is 119 Å². The van der Waals surface area contributed by atoms with Crippen molar-refractivity contribution in [1.82, 2.24) is 14.1 Å². The van der Waals surface area contributed by atoms with Crippen molar-refractivity contribution in [2.24, 2.45) is 5.92 Å². The molecule has 0 aromatic heterocycles. The van der Waals surface area contributed by atoms with Gasteiger partial charge in [-0.2, -0.15) is 4.31 Å². The van der Waals surface area contributed by atoms with E-state index >= 15 is 0 Å². The smallest absolute Gasteiger partial charge is 0.321 e. The molecule has 224 valence electrons. The summed E-state index contributed by atoms with van der Waals surface area (Å²) in [7, 11) is 0.977. The van der Waals surface area contributed by atoms with E-state index in [9.17, 15) is 23.1 Å². The van der Waals surface area contributed by atoms with E-state index in [1.807, 2.05) is 31.2 Å². The molecule has 3 atom stereocenters. The first-order valence-corrected chi connectivity index (χ1v) is 15.2. The first-order valence-electron chi connectivity index (χ1n) is 13.7. The Morgan fingerprint density at radius 1 is 1.02 bits per heavy atom. The van der Waals surface area contributed by atoms with Gasteiger partial charge in [-0.1, -0.05) is 43.3 Å². The molecule has 0 spiro atoms. The monoisotopic (exact) mass is 594 g/mol. The van der Waals surface area contributed by atoms with Crippen LogP contribution in [-0.2, 0) is 10.0 Å². The van der Waals surface area contributed by atoms with E-state index in [2.05, 4.69) is 5.32 Å². The number of aliphatic hydroxyl groups excluding tert-OH is 1. The summed E-state index contributed by atoms with van der Waals surface area (Å²) in [5, 5.41) is 12.8. The van der Waals surface area contributed by atoms with E-state index in [0.717, 1.165) is 5.56 Å². The molecule has 0 fully saturated rings. The fraction of sp³-hybridized carbons (Fsp3) is 0.355. The van der Waals surface area contributed by atoms with Crippen LogP contribution in [0.1, 0.15) is 24.2 Å². The highest BCUT2D eigenvalue weighted by Crippen LogP contribution is 2.37. The van der Waals surface area contributed by atoms with E-state index < -0.39 is 22.2 Å². The van der Waals surface area contributed by atoms with Gasteiger partial charge in [-0.05, 0) is 54.4 Å².